The molecule has 0 aliphatic carbocycles. The molecule has 1 aromatic carbocycles. The van der Waals surface area contributed by atoms with Gasteiger partial charge in [-0.25, -0.2) is 9.78 Å². The van der Waals surface area contributed by atoms with Gasteiger partial charge in [-0.2, -0.15) is 0 Å². The highest BCUT2D eigenvalue weighted by Crippen LogP contribution is 2.15. The van der Waals surface area contributed by atoms with Crippen LogP contribution >= 0.6 is 0 Å². The van der Waals surface area contributed by atoms with Gasteiger partial charge >= 0.3 is 5.97 Å². The normalized spacial score (nSPS) is 11.7. The predicted molar refractivity (Wildman–Crippen MR) is 67.1 cm³/mol. The molecule has 0 unspecified atom stereocenters. The van der Waals surface area contributed by atoms with Crippen molar-refractivity contribution in [1.82, 2.24) is 9.88 Å². The van der Waals surface area contributed by atoms with Crippen molar-refractivity contribution in [1.29, 1.82) is 0 Å². The van der Waals surface area contributed by atoms with Gasteiger partial charge in [0.2, 0.25) is 0 Å². The van der Waals surface area contributed by atoms with Crippen LogP contribution in [-0.2, 0) is 11.3 Å². The Kier molecular flexibility index (Phi) is 3.74. The average Bonchev–Trinajstić information content (AvgIpc) is 2.75. The predicted octanol–water partition coefficient (Wildman–Crippen LogP) is 1.90. The van der Waals surface area contributed by atoms with Gasteiger partial charge < -0.3 is 9.52 Å². The Labute approximate surface area is 104 Å². The van der Waals surface area contributed by atoms with Gasteiger partial charge in [0, 0.05) is 19.2 Å². The number of hydrogen-bond acceptors (Lipinski definition) is 4. The number of benzene rings is 1. The van der Waals surface area contributed by atoms with Crippen LogP contribution in [0.4, 0.5) is 0 Å². The van der Waals surface area contributed by atoms with Gasteiger partial charge in [0.25, 0.3) is 0 Å². The molecular formula is C13H14N2O3. The fourth-order valence-corrected chi connectivity index (χ4v) is 1.71. The van der Waals surface area contributed by atoms with Crippen molar-refractivity contribution in [2.75, 3.05) is 13.6 Å². The number of aromatic nitrogens is 1. The Hall–Kier alpha value is -2.14. The number of nitrogens with zero attached hydrogens (tertiary/aromatic N) is 2. The van der Waals surface area contributed by atoms with Crippen LogP contribution in [0.2, 0.25) is 0 Å². The smallest absolute Gasteiger partial charge is 0.328 e. The standard InChI is InChI=1S/C13H14N2O3/c1-15(6-2-3-13(16)17)8-10-4-5-11-12(7-10)18-9-14-11/h2-5,7,9H,6,8H2,1H3,(H,16,17)/b3-2+. The Morgan fingerprint density at radius 1 is 1.56 bits per heavy atom. The van der Waals surface area contributed by atoms with E-state index in [1.807, 2.05) is 30.1 Å². The molecule has 1 aromatic heterocycles. The average molecular weight is 246 g/mol. The topological polar surface area (TPSA) is 66.6 Å². The lowest BCUT2D eigenvalue weighted by molar-refractivity contribution is -0.131. The van der Waals surface area contributed by atoms with Crippen molar-refractivity contribution in [3.05, 3.63) is 42.3 Å². The SMILES string of the molecule is CN(C/C=C/C(=O)O)Cc1ccc2ncoc2c1. The second-order valence-electron chi connectivity index (χ2n) is 4.09. The van der Waals surface area contributed by atoms with Crippen LogP contribution in [0.1, 0.15) is 5.56 Å². The van der Waals surface area contributed by atoms with E-state index in [2.05, 4.69) is 4.98 Å². The quantitative estimate of drug-likeness (QED) is 0.816. The number of rotatable bonds is 5. The van der Waals surface area contributed by atoms with E-state index in [0.29, 0.717) is 6.54 Å². The molecule has 2 rings (SSSR count). The molecular weight excluding hydrogens is 232 g/mol. The van der Waals surface area contributed by atoms with Crippen LogP contribution < -0.4 is 0 Å². The molecule has 18 heavy (non-hydrogen) atoms. The zero-order chi connectivity index (χ0) is 13.0. The molecule has 0 spiro atoms. The summed E-state index contributed by atoms with van der Waals surface area (Å²) in [6.07, 6.45) is 4.19. The molecule has 0 fully saturated rings. The number of oxazole rings is 1. The first-order valence-corrected chi connectivity index (χ1v) is 5.55. The van der Waals surface area contributed by atoms with Crippen molar-refractivity contribution in [2.24, 2.45) is 0 Å². The molecule has 0 radical (unpaired) electrons. The summed E-state index contributed by atoms with van der Waals surface area (Å²) in [6, 6.07) is 5.84. The highest BCUT2D eigenvalue weighted by Gasteiger charge is 2.02. The molecule has 2 aromatic rings. The Morgan fingerprint density at radius 2 is 2.39 bits per heavy atom. The molecule has 94 valence electrons. The lowest BCUT2D eigenvalue weighted by atomic mass is 10.2. The van der Waals surface area contributed by atoms with Crippen molar-refractivity contribution >= 4 is 17.1 Å². The van der Waals surface area contributed by atoms with E-state index < -0.39 is 5.97 Å². The van der Waals surface area contributed by atoms with Crippen molar-refractivity contribution in [3.63, 3.8) is 0 Å². The number of carbonyl (C=O) groups is 1. The van der Waals surface area contributed by atoms with E-state index in [0.717, 1.165) is 29.3 Å². The van der Waals surface area contributed by atoms with E-state index in [4.69, 9.17) is 9.52 Å². The van der Waals surface area contributed by atoms with E-state index in [9.17, 15) is 4.79 Å². The number of fused-ring (bicyclic) bond motifs is 1. The summed E-state index contributed by atoms with van der Waals surface area (Å²) in [7, 11) is 1.93. The molecule has 0 atom stereocenters. The number of hydrogen-bond donors (Lipinski definition) is 1. The van der Waals surface area contributed by atoms with Gasteiger partial charge in [-0.3, -0.25) is 4.90 Å². The van der Waals surface area contributed by atoms with Crippen LogP contribution in [0, 0.1) is 0 Å². The first-order valence-electron chi connectivity index (χ1n) is 5.55. The number of carboxylic acid groups (broad SMARTS) is 1. The summed E-state index contributed by atoms with van der Waals surface area (Å²) in [6.45, 7) is 1.31. The number of carboxylic acids is 1. The second kappa shape index (κ2) is 5.46. The molecule has 1 N–H and O–H groups in total. The third-order valence-corrected chi connectivity index (χ3v) is 2.53. The number of likely N-dealkylation sites (N-methyl/N-ethyl adjacent to an activating group) is 1. The third kappa shape index (κ3) is 3.18. The maximum Gasteiger partial charge on any atom is 0.328 e. The highest BCUT2D eigenvalue weighted by molar-refractivity contribution is 5.79. The second-order valence-corrected chi connectivity index (χ2v) is 4.09. The minimum atomic E-state index is -0.925. The number of aliphatic carboxylic acids is 1. The van der Waals surface area contributed by atoms with Gasteiger partial charge in [0.15, 0.2) is 12.0 Å². The zero-order valence-corrected chi connectivity index (χ0v) is 10.0. The Bertz CT molecular complexity index is 574. The summed E-state index contributed by atoms with van der Waals surface area (Å²) in [4.78, 5) is 16.4. The van der Waals surface area contributed by atoms with E-state index >= 15 is 0 Å². The third-order valence-electron chi connectivity index (χ3n) is 2.53. The van der Waals surface area contributed by atoms with Crippen LogP contribution in [0.3, 0.4) is 0 Å². The minimum Gasteiger partial charge on any atom is -0.478 e. The molecule has 5 nitrogen and oxygen atoms in total. The van der Waals surface area contributed by atoms with Gasteiger partial charge in [-0.15, -0.1) is 0 Å². The van der Waals surface area contributed by atoms with Crippen LogP contribution in [0.25, 0.3) is 11.1 Å². The summed E-state index contributed by atoms with van der Waals surface area (Å²) in [5, 5.41) is 8.49. The van der Waals surface area contributed by atoms with Gasteiger partial charge in [0.05, 0.1) is 0 Å². The fourth-order valence-electron chi connectivity index (χ4n) is 1.71. The highest BCUT2D eigenvalue weighted by atomic mass is 16.4. The summed E-state index contributed by atoms with van der Waals surface area (Å²) >= 11 is 0. The Balaban J connectivity index is 1.97. The van der Waals surface area contributed by atoms with Crippen molar-refractivity contribution < 1.29 is 14.3 Å². The van der Waals surface area contributed by atoms with E-state index in [1.165, 1.54) is 6.39 Å². The van der Waals surface area contributed by atoms with E-state index in [-0.39, 0.29) is 0 Å². The summed E-state index contributed by atoms with van der Waals surface area (Å²) < 4.78 is 5.23. The largest absolute Gasteiger partial charge is 0.478 e. The van der Waals surface area contributed by atoms with E-state index in [1.54, 1.807) is 6.08 Å². The lowest BCUT2D eigenvalue weighted by Gasteiger charge is -2.13. The molecule has 0 aliphatic heterocycles. The van der Waals surface area contributed by atoms with Gasteiger partial charge in [-0.1, -0.05) is 12.1 Å². The minimum absolute atomic E-state index is 0.584. The van der Waals surface area contributed by atoms with Gasteiger partial charge in [-0.05, 0) is 24.7 Å². The fraction of sp³-hybridized carbons (Fsp3) is 0.231. The van der Waals surface area contributed by atoms with Gasteiger partial charge in [0.1, 0.15) is 5.52 Å². The first-order chi connectivity index (χ1) is 8.65. The zero-order valence-electron chi connectivity index (χ0n) is 10.0. The Morgan fingerprint density at radius 3 is 3.17 bits per heavy atom. The molecule has 0 bridgehead atoms. The van der Waals surface area contributed by atoms with Crippen LogP contribution in [0.15, 0.2) is 41.2 Å². The molecule has 5 heteroatoms. The van der Waals surface area contributed by atoms with Crippen molar-refractivity contribution in [3.8, 4) is 0 Å². The molecule has 0 saturated carbocycles. The molecule has 0 amide bonds. The molecule has 1 heterocycles. The summed E-state index contributed by atoms with van der Waals surface area (Å²) in [5.74, 6) is -0.925. The maximum atomic E-state index is 10.3. The van der Waals surface area contributed by atoms with Crippen molar-refractivity contribution in [2.45, 2.75) is 6.54 Å². The first kappa shape index (κ1) is 12.3. The molecule has 0 aliphatic rings. The van der Waals surface area contributed by atoms with Crippen LogP contribution in [0.5, 0.6) is 0 Å². The van der Waals surface area contributed by atoms with Crippen LogP contribution in [-0.4, -0.2) is 34.6 Å². The molecule has 0 saturated heterocycles. The monoisotopic (exact) mass is 246 g/mol. The summed E-state index contributed by atoms with van der Waals surface area (Å²) in [5.41, 5.74) is 2.71. The maximum absolute atomic E-state index is 10.3. The lowest BCUT2D eigenvalue weighted by Crippen LogP contribution is -2.17.